The number of hydrazine groups is 1. The van der Waals surface area contributed by atoms with Crippen LogP contribution >= 0.6 is 50.8 Å². The third-order valence-corrected chi connectivity index (χ3v) is 7.48. The van der Waals surface area contributed by atoms with Crippen molar-refractivity contribution in [1.82, 2.24) is 15.6 Å². The average Bonchev–Trinajstić information content (AvgIpc) is 3.24. The molecule has 0 saturated carbocycles. The van der Waals surface area contributed by atoms with Gasteiger partial charge in [-0.1, -0.05) is 62.9 Å². The molecule has 0 bridgehead atoms. The largest absolute Gasteiger partial charge is 0.325 e. The van der Waals surface area contributed by atoms with E-state index in [4.69, 9.17) is 0 Å². The first-order chi connectivity index (χ1) is 15.4. The predicted molar refractivity (Wildman–Crippen MR) is 132 cm³/mol. The number of ketones is 1. The van der Waals surface area contributed by atoms with Gasteiger partial charge in [-0.15, -0.1) is 10.2 Å². The molecule has 166 valence electrons. The van der Waals surface area contributed by atoms with Crippen LogP contribution in [0.15, 0.2) is 61.7 Å². The van der Waals surface area contributed by atoms with Crippen molar-refractivity contribution in [3.63, 3.8) is 0 Å². The maximum absolute atomic E-state index is 12.3. The molecule has 0 aliphatic heterocycles. The van der Waals surface area contributed by atoms with Crippen LogP contribution in [0.2, 0.25) is 0 Å². The van der Waals surface area contributed by atoms with Crippen LogP contribution < -0.4 is 16.2 Å². The predicted octanol–water partition coefficient (Wildman–Crippen LogP) is 4.47. The first-order valence-electron chi connectivity index (χ1n) is 9.19. The van der Waals surface area contributed by atoms with Crippen LogP contribution in [0.25, 0.3) is 0 Å². The summed E-state index contributed by atoms with van der Waals surface area (Å²) in [4.78, 5) is 35.3. The van der Waals surface area contributed by atoms with E-state index in [9.17, 15) is 14.4 Å². The van der Waals surface area contributed by atoms with Crippen LogP contribution in [-0.2, 0) is 9.59 Å². The van der Waals surface area contributed by atoms with Crippen molar-refractivity contribution in [2.24, 2.45) is 0 Å². The van der Waals surface area contributed by atoms with Crippen molar-refractivity contribution in [2.45, 2.75) is 15.6 Å². The lowest BCUT2D eigenvalue weighted by Gasteiger charge is -2.08. The highest BCUT2D eigenvalue weighted by Crippen LogP contribution is 2.29. The molecule has 2 amide bonds. The van der Waals surface area contributed by atoms with E-state index in [2.05, 4.69) is 42.3 Å². The molecule has 0 aliphatic carbocycles. The average molecular weight is 553 g/mol. The normalized spacial score (nSPS) is 10.4. The number of carbonyl (C=O) groups is 3. The minimum Gasteiger partial charge on any atom is -0.325 e. The number of carbonyl (C=O) groups excluding carboxylic acids is 3. The number of benzene rings is 2. The van der Waals surface area contributed by atoms with Crippen LogP contribution in [0.5, 0.6) is 0 Å². The summed E-state index contributed by atoms with van der Waals surface area (Å²) in [6.07, 6.45) is 0. The number of amides is 2. The summed E-state index contributed by atoms with van der Waals surface area (Å²) >= 11 is 7.32. The molecule has 1 heterocycles. The van der Waals surface area contributed by atoms with Crippen LogP contribution in [-0.4, -0.2) is 39.3 Å². The van der Waals surface area contributed by atoms with Crippen LogP contribution in [0.3, 0.4) is 0 Å². The SMILES string of the molecule is CC(=O)NNc1ccc(NC(=O)CSc2nnc(SCC(=O)c3ccc(Br)cc3)s2)cc1. The Labute approximate surface area is 205 Å². The topological polar surface area (TPSA) is 113 Å². The second-order valence-corrected chi connectivity index (χ2v) is 10.6. The number of anilines is 2. The van der Waals surface area contributed by atoms with Gasteiger partial charge in [0.2, 0.25) is 11.8 Å². The van der Waals surface area contributed by atoms with Crippen LogP contribution in [0.1, 0.15) is 17.3 Å². The Kier molecular flexibility index (Phi) is 9.09. The monoisotopic (exact) mass is 551 g/mol. The first kappa shape index (κ1) is 24.2. The zero-order valence-electron chi connectivity index (χ0n) is 16.8. The molecular formula is C20H18BrN5O3S3. The summed E-state index contributed by atoms with van der Waals surface area (Å²) in [6, 6.07) is 14.2. The molecule has 1 aromatic heterocycles. The fourth-order valence-electron chi connectivity index (χ4n) is 2.28. The Morgan fingerprint density at radius 2 is 1.50 bits per heavy atom. The maximum Gasteiger partial charge on any atom is 0.235 e. The number of nitrogens with one attached hydrogen (secondary N) is 3. The van der Waals surface area contributed by atoms with Crippen LogP contribution in [0, 0.1) is 0 Å². The third-order valence-electron chi connectivity index (χ3n) is 3.76. The molecule has 0 unspecified atom stereocenters. The highest BCUT2D eigenvalue weighted by Gasteiger charge is 2.12. The molecule has 0 atom stereocenters. The molecule has 12 heteroatoms. The van der Waals surface area contributed by atoms with Gasteiger partial charge in [0.1, 0.15) is 0 Å². The number of aromatic nitrogens is 2. The fraction of sp³-hybridized carbons (Fsp3) is 0.150. The lowest BCUT2D eigenvalue weighted by molar-refractivity contribution is -0.118. The second kappa shape index (κ2) is 12.0. The van der Waals surface area contributed by atoms with Crippen molar-refractivity contribution in [1.29, 1.82) is 0 Å². The van der Waals surface area contributed by atoms with Gasteiger partial charge in [-0.25, -0.2) is 0 Å². The number of Topliss-reactive ketones (excluding diaryl/α,β-unsaturated/α-hetero) is 1. The minimum absolute atomic E-state index is 0.0181. The lowest BCUT2D eigenvalue weighted by atomic mass is 10.2. The number of nitrogens with zero attached hydrogens (tertiary/aromatic N) is 2. The summed E-state index contributed by atoms with van der Waals surface area (Å²) in [5.74, 6) is 0.0998. The van der Waals surface area contributed by atoms with Gasteiger partial charge >= 0.3 is 0 Å². The van der Waals surface area contributed by atoms with Gasteiger partial charge in [-0.2, -0.15) is 0 Å². The Hall–Kier alpha value is -2.41. The number of hydrogen-bond donors (Lipinski definition) is 3. The van der Waals surface area contributed by atoms with E-state index in [0.29, 0.717) is 25.6 Å². The standard InChI is InChI=1S/C20H18BrN5O3S3/c1-12(27)23-24-16-8-6-15(7-9-16)22-18(29)11-31-20-26-25-19(32-20)30-10-17(28)13-2-4-14(21)5-3-13/h2-9,24H,10-11H2,1H3,(H,22,29)(H,23,27). The van der Waals surface area contributed by atoms with E-state index in [1.54, 1.807) is 36.4 Å². The number of rotatable bonds is 10. The highest BCUT2D eigenvalue weighted by molar-refractivity contribution is 9.10. The van der Waals surface area contributed by atoms with Crippen molar-refractivity contribution in [2.75, 3.05) is 22.2 Å². The molecule has 3 N–H and O–H groups in total. The molecule has 0 fully saturated rings. The quantitative estimate of drug-likeness (QED) is 0.192. The summed E-state index contributed by atoms with van der Waals surface area (Å²) in [6.45, 7) is 1.41. The van der Waals surface area contributed by atoms with Gasteiger partial charge in [0.05, 0.1) is 17.2 Å². The van der Waals surface area contributed by atoms with Gasteiger partial charge in [-0.3, -0.25) is 25.2 Å². The summed E-state index contributed by atoms with van der Waals surface area (Å²) in [5.41, 5.74) is 7.21. The van der Waals surface area contributed by atoms with Crippen molar-refractivity contribution < 1.29 is 14.4 Å². The van der Waals surface area contributed by atoms with Gasteiger partial charge < -0.3 is 5.32 Å². The van der Waals surface area contributed by atoms with Crippen molar-refractivity contribution in [3.05, 3.63) is 58.6 Å². The van der Waals surface area contributed by atoms with Crippen molar-refractivity contribution in [3.8, 4) is 0 Å². The number of hydrogen-bond acceptors (Lipinski definition) is 9. The molecule has 0 radical (unpaired) electrons. The number of halogens is 1. The Balaban J connectivity index is 1.41. The minimum atomic E-state index is -0.200. The Morgan fingerprint density at radius 1 is 0.906 bits per heavy atom. The molecule has 0 spiro atoms. The molecular weight excluding hydrogens is 534 g/mol. The smallest absolute Gasteiger partial charge is 0.235 e. The summed E-state index contributed by atoms with van der Waals surface area (Å²) < 4.78 is 2.27. The van der Waals surface area contributed by atoms with E-state index in [-0.39, 0.29) is 29.1 Å². The fourth-order valence-corrected chi connectivity index (χ4v) is 5.26. The van der Waals surface area contributed by atoms with Crippen molar-refractivity contribution >= 4 is 79.8 Å². The molecule has 3 rings (SSSR count). The summed E-state index contributed by atoms with van der Waals surface area (Å²) in [7, 11) is 0. The highest BCUT2D eigenvalue weighted by atomic mass is 79.9. The molecule has 32 heavy (non-hydrogen) atoms. The van der Waals surface area contributed by atoms with Gasteiger partial charge in [0, 0.05) is 22.6 Å². The first-order valence-corrected chi connectivity index (χ1v) is 12.8. The van der Waals surface area contributed by atoms with E-state index in [1.807, 2.05) is 12.1 Å². The Morgan fingerprint density at radius 3 is 2.12 bits per heavy atom. The lowest BCUT2D eigenvalue weighted by Crippen LogP contribution is -2.26. The molecule has 2 aromatic carbocycles. The van der Waals surface area contributed by atoms with Gasteiger partial charge in [0.15, 0.2) is 14.5 Å². The molecule has 0 aliphatic rings. The van der Waals surface area contributed by atoms with Crippen LogP contribution in [0.4, 0.5) is 11.4 Å². The van der Waals surface area contributed by atoms with Gasteiger partial charge in [0.25, 0.3) is 0 Å². The second-order valence-electron chi connectivity index (χ2n) is 6.27. The molecule has 0 saturated heterocycles. The number of thioether (sulfide) groups is 2. The zero-order valence-corrected chi connectivity index (χ0v) is 20.8. The maximum atomic E-state index is 12.3. The van der Waals surface area contributed by atoms with E-state index >= 15 is 0 Å². The molecule has 8 nitrogen and oxygen atoms in total. The zero-order chi connectivity index (χ0) is 22.9. The van der Waals surface area contributed by atoms with E-state index in [0.717, 1.165) is 4.47 Å². The Bertz CT molecular complexity index is 1090. The summed E-state index contributed by atoms with van der Waals surface area (Å²) in [5, 5.41) is 11.0. The molecule has 3 aromatic rings. The van der Waals surface area contributed by atoms with E-state index < -0.39 is 0 Å². The third kappa shape index (κ3) is 7.93. The van der Waals surface area contributed by atoms with E-state index in [1.165, 1.54) is 41.8 Å². The van der Waals surface area contributed by atoms with Gasteiger partial charge in [-0.05, 0) is 36.4 Å².